The Morgan fingerprint density at radius 3 is 2.43 bits per heavy atom. The van der Waals surface area contributed by atoms with E-state index in [1.165, 1.54) is 0 Å². The highest BCUT2D eigenvalue weighted by Crippen LogP contribution is 2.19. The van der Waals surface area contributed by atoms with Crippen molar-refractivity contribution in [2.75, 3.05) is 0 Å². The number of hydrogen-bond donors (Lipinski definition) is 2. The van der Waals surface area contributed by atoms with Crippen LogP contribution in [-0.2, 0) is 9.59 Å². The SMILES string of the molecule is C[C@@H](Oc1cccc(Cl)c1)C(=O)N[C@H](C(N)=O)c1ccccc1. The van der Waals surface area contributed by atoms with Gasteiger partial charge in [-0.15, -0.1) is 0 Å². The van der Waals surface area contributed by atoms with Crippen LogP contribution in [0.3, 0.4) is 0 Å². The Labute approximate surface area is 139 Å². The van der Waals surface area contributed by atoms with Crippen LogP contribution in [0.15, 0.2) is 54.6 Å². The fourth-order valence-corrected chi connectivity index (χ4v) is 2.20. The zero-order chi connectivity index (χ0) is 16.8. The van der Waals surface area contributed by atoms with E-state index in [0.717, 1.165) is 0 Å². The first kappa shape index (κ1) is 16.8. The summed E-state index contributed by atoms with van der Waals surface area (Å²) in [4.78, 5) is 23.9. The number of rotatable bonds is 6. The van der Waals surface area contributed by atoms with Gasteiger partial charge in [0.1, 0.15) is 11.8 Å². The minimum Gasteiger partial charge on any atom is -0.481 e. The minimum absolute atomic E-state index is 0.447. The summed E-state index contributed by atoms with van der Waals surface area (Å²) in [6, 6.07) is 14.6. The van der Waals surface area contributed by atoms with Gasteiger partial charge in [0, 0.05) is 5.02 Å². The zero-order valence-electron chi connectivity index (χ0n) is 12.5. The molecule has 2 rings (SSSR count). The Morgan fingerprint density at radius 2 is 1.83 bits per heavy atom. The summed E-state index contributed by atoms with van der Waals surface area (Å²) in [5.74, 6) is -0.618. The van der Waals surface area contributed by atoms with Crippen LogP contribution in [0.1, 0.15) is 18.5 Å². The fourth-order valence-electron chi connectivity index (χ4n) is 2.02. The standard InChI is InChI=1S/C17H17ClN2O3/c1-11(23-14-9-5-8-13(18)10-14)17(22)20-15(16(19)21)12-6-3-2-4-7-12/h2-11,15H,1H3,(H2,19,21)(H,20,22)/t11-,15+/m1/s1. The second kappa shape index (κ2) is 7.65. The van der Waals surface area contributed by atoms with Crippen LogP contribution < -0.4 is 15.8 Å². The molecule has 0 aliphatic heterocycles. The molecule has 0 bridgehead atoms. The molecule has 23 heavy (non-hydrogen) atoms. The molecule has 120 valence electrons. The minimum atomic E-state index is -0.908. The van der Waals surface area contributed by atoms with Crippen molar-refractivity contribution in [3.8, 4) is 5.75 Å². The summed E-state index contributed by atoms with van der Waals surface area (Å²) in [7, 11) is 0. The maximum Gasteiger partial charge on any atom is 0.261 e. The normalized spacial score (nSPS) is 13.0. The molecule has 2 atom stereocenters. The van der Waals surface area contributed by atoms with Crippen molar-refractivity contribution < 1.29 is 14.3 Å². The van der Waals surface area contributed by atoms with E-state index in [1.54, 1.807) is 55.5 Å². The van der Waals surface area contributed by atoms with Crippen LogP contribution in [0.5, 0.6) is 5.75 Å². The lowest BCUT2D eigenvalue weighted by Crippen LogP contribution is -2.43. The Hall–Kier alpha value is -2.53. The van der Waals surface area contributed by atoms with Crippen molar-refractivity contribution in [3.63, 3.8) is 0 Å². The largest absolute Gasteiger partial charge is 0.481 e. The predicted octanol–water partition coefficient (Wildman–Crippen LogP) is 2.45. The summed E-state index contributed by atoms with van der Waals surface area (Å²) >= 11 is 5.87. The summed E-state index contributed by atoms with van der Waals surface area (Å²) in [5.41, 5.74) is 5.99. The third-order valence-corrected chi connectivity index (χ3v) is 3.42. The molecule has 0 aliphatic carbocycles. The molecule has 0 saturated heterocycles. The van der Waals surface area contributed by atoms with E-state index < -0.39 is 24.0 Å². The van der Waals surface area contributed by atoms with E-state index in [9.17, 15) is 9.59 Å². The van der Waals surface area contributed by atoms with Gasteiger partial charge >= 0.3 is 0 Å². The Morgan fingerprint density at radius 1 is 1.13 bits per heavy atom. The van der Waals surface area contributed by atoms with Crippen molar-refractivity contribution in [3.05, 3.63) is 65.2 Å². The number of halogens is 1. The molecule has 2 aromatic rings. The lowest BCUT2D eigenvalue weighted by atomic mass is 10.1. The molecule has 0 unspecified atom stereocenters. The summed E-state index contributed by atoms with van der Waals surface area (Å²) in [6.07, 6.45) is -0.806. The van der Waals surface area contributed by atoms with Gasteiger partial charge in [-0.3, -0.25) is 9.59 Å². The molecule has 0 saturated carbocycles. The van der Waals surface area contributed by atoms with E-state index in [1.807, 2.05) is 6.07 Å². The molecule has 2 aromatic carbocycles. The Balaban J connectivity index is 2.05. The first-order valence-electron chi connectivity index (χ1n) is 7.04. The van der Waals surface area contributed by atoms with Crippen molar-refractivity contribution in [1.29, 1.82) is 0 Å². The van der Waals surface area contributed by atoms with Gasteiger partial charge in [0.15, 0.2) is 6.10 Å². The van der Waals surface area contributed by atoms with Gasteiger partial charge in [-0.05, 0) is 30.7 Å². The maximum absolute atomic E-state index is 12.2. The number of ether oxygens (including phenoxy) is 1. The second-order valence-electron chi connectivity index (χ2n) is 4.97. The van der Waals surface area contributed by atoms with Crippen LogP contribution in [-0.4, -0.2) is 17.9 Å². The van der Waals surface area contributed by atoms with Gasteiger partial charge in [0.2, 0.25) is 5.91 Å². The number of amides is 2. The smallest absolute Gasteiger partial charge is 0.261 e. The quantitative estimate of drug-likeness (QED) is 0.852. The Bertz CT molecular complexity index is 691. The van der Waals surface area contributed by atoms with Gasteiger partial charge in [-0.1, -0.05) is 48.0 Å². The average Bonchev–Trinajstić information content (AvgIpc) is 2.52. The van der Waals surface area contributed by atoms with Crippen LogP contribution in [0.25, 0.3) is 0 Å². The molecule has 2 amide bonds. The maximum atomic E-state index is 12.2. The van der Waals surface area contributed by atoms with Gasteiger partial charge in [0.05, 0.1) is 0 Å². The van der Waals surface area contributed by atoms with Gasteiger partial charge in [-0.2, -0.15) is 0 Å². The molecular weight excluding hydrogens is 316 g/mol. The number of carbonyl (C=O) groups is 2. The number of nitrogens with two attached hydrogens (primary N) is 1. The molecule has 5 nitrogen and oxygen atoms in total. The number of carbonyl (C=O) groups excluding carboxylic acids is 2. The zero-order valence-corrected chi connectivity index (χ0v) is 13.3. The summed E-state index contributed by atoms with van der Waals surface area (Å²) < 4.78 is 5.52. The van der Waals surface area contributed by atoms with Gasteiger partial charge in [0.25, 0.3) is 5.91 Å². The number of primary amides is 1. The number of benzene rings is 2. The predicted molar refractivity (Wildman–Crippen MR) is 88.1 cm³/mol. The van der Waals surface area contributed by atoms with Crippen molar-refractivity contribution >= 4 is 23.4 Å². The molecule has 0 heterocycles. The summed E-state index contributed by atoms with van der Waals surface area (Å²) in [5, 5.41) is 3.10. The van der Waals surface area contributed by atoms with E-state index in [0.29, 0.717) is 16.3 Å². The highest BCUT2D eigenvalue weighted by molar-refractivity contribution is 6.30. The second-order valence-corrected chi connectivity index (χ2v) is 5.41. The molecule has 0 spiro atoms. The van der Waals surface area contributed by atoms with Gasteiger partial charge in [-0.25, -0.2) is 0 Å². The lowest BCUT2D eigenvalue weighted by Gasteiger charge is -2.20. The van der Waals surface area contributed by atoms with E-state index in [2.05, 4.69) is 5.32 Å². The molecule has 3 N–H and O–H groups in total. The van der Waals surface area contributed by atoms with Crippen LogP contribution in [0.2, 0.25) is 5.02 Å². The van der Waals surface area contributed by atoms with Crippen molar-refractivity contribution in [2.24, 2.45) is 5.73 Å². The third-order valence-electron chi connectivity index (χ3n) is 3.18. The van der Waals surface area contributed by atoms with Crippen LogP contribution in [0, 0.1) is 0 Å². The first-order valence-corrected chi connectivity index (χ1v) is 7.42. The molecular formula is C17H17ClN2O3. The molecule has 0 radical (unpaired) electrons. The van der Waals surface area contributed by atoms with Gasteiger partial charge < -0.3 is 15.8 Å². The van der Waals surface area contributed by atoms with Crippen LogP contribution in [0.4, 0.5) is 0 Å². The summed E-state index contributed by atoms with van der Waals surface area (Å²) in [6.45, 7) is 1.58. The van der Waals surface area contributed by atoms with E-state index >= 15 is 0 Å². The topological polar surface area (TPSA) is 81.4 Å². The molecule has 0 aliphatic rings. The van der Waals surface area contributed by atoms with E-state index in [4.69, 9.17) is 22.1 Å². The molecule has 6 heteroatoms. The first-order chi connectivity index (χ1) is 11.0. The van der Waals surface area contributed by atoms with Crippen molar-refractivity contribution in [2.45, 2.75) is 19.1 Å². The van der Waals surface area contributed by atoms with Crippen LogP contribution >= 0.6 is 11.6 Å². The number of hydrogen-bond acceptors (Lipinski definition) is 3. The fraction of sp³-hybridized carbons (Fsp3) is 0.176. The molecule has 0 aromatic heterocycles. The molecule has 0 fully saturated rings. The third kappa shape index (κ3) is 4.72. The highest BCUT2D eigenvalue weighted by atomic mass is 35.5. The van der Waals surface area contributed by atoms with E-state index in [-0.39, 0.29) is 0 Å². The number of nitrogens with one attached hydrogen (secondary N) is 1. The Kier molecular flexibility index (Phi) is 5.60. The average molecular weight is 333 g/mol. The highest BCUT2D eigenvalue weighted by Gasteiger charge is 2.24. The monoisotopic (exact) mass is 332 g/mol. The van der Waals surface area contributed by atoms with Crippen molar-refractivity contribution in [1.82, 2.24) is 5.32 Å². The lowest BCUT2D eigenvalue weighted by molar-refractivity contribution is -0.131.